The lowest BCUT2D eigenvalue weighted by atomic mass is 10.0. The zero-order chi connectivity index (χ0) is 23.4. The minimum Gasteiger partial charge on any atom is -0.493 e. The monoisotopic (exact) mass is 504 g/mol. The molecule has 166 valence electrons. The van der Waals surface area contributed by atoms with Crippen molar-refractivity contribution in [2.45, 2.75) is 13.3 Å². The molecule has 3 aromatic rings. The second-order valence-corrected chi connectivity index (χ2v) is 8.24. The molecule has 0 aromatic heterocycles. The van der Waals surface area contributed by atoms with Gasteiger partial charge in [-0.1, -0.05) is 59.3 Å². The van der Waals surface area contributed by atoms with Gasteiger partial charge in [0.25, 0.3) is 11.8 Å². The van der Waals surface area contributed by atoms with E-state index < -0.39 is 17.8 Å². The predicted octanol–water partition coefficient (Wildman–Crippen LogP) is 5.82. The second-order valence-electron chi connectivity index (χ2n) is 7.32. The molecule has 1 aliphatic heterocycles. The number of benzene rings is 3. The van der Waals surface area contributed by atoms with Gasteiger partial charge in [0, 0.05) is 10.0 Å². The van der Waals surface area contributed by atoms with E-state index in [4.69, 9.17) is 4.74 Å². The molecule has 1 fully saturated rings. The first-order valence-corrected chi connectivity index (χ1v) is 11.3. The van der Waals surface area contributed by atoms with Gasteiger partial charge < -0.3 is 4.74 Å². The van der Waals surface area contributed by atoms with E-state index in [2.05, 4.69) is 15.9 Å². The highest BCUT2D eigenvalue weighted by molar-refractivity contribution is 9.10. The van der Waals surface area contributed by atoms with Crippen LogP contribution < -0.4 is 14.5 Å². The van der Waals surface area contributed by atoms with Crippen LogP contribution in [-0.4, -0.2) is 24.5 Å². The number of anilines is 2. The second kappa shape index (κ2) is 9.83. The lowest BCUT2D eigenvalue weighted by Gasteiger charge is -2.34. The quantitative estimate of drug-likeness (QED) is 0.313. The highest BCUT2D eigenvalue weighted by Crippen LogP contribution is 2.32. The van der Waals surface area contributed by atoms with Gasteiger partial charge in [-0.15, -0.1) is 0 Å². The maximum absolute atomic E-state index is 13.5. The highest BCUT2D eigenvalue weighted by Gasteiger charge is 2.43. The SMILES string of the molecule is CCCOc1ccc(Br)cc1C=C1C(=O)N(c2ccccc2)C(=O)N(c2ccccc2)C1=O. The van der Waals surface area contributed by atoms with E-state index in [0.29, 0.717) is 29.3 Å². The minimum atomic E-state index is -0.726. The van der Waals surface area contributed by atoms with Gasteiger partial charge in [0.2, 0.25) is 0 Å². The Morgan fingerprint density at radius 2 is 1.36 bits per heavy atom. The Kier molecular flexibility index (Phi) is 6.70. The first-order valence-electron chi connectivity index (χ1n) is 10.5. The van der Waals surface area contributed by atoms with Crippen LogP contribution in [0.5, 0.6) is 5.75 Å². The van der Waals surface area contributed by atoms with Crippen molar-refractivity contribution in [1.82, 2.24) is 0 Å². The summed E-state index contributed by atoms with van der Waals surface area (Å²) in [6.07, 6.45) is 2.29. The Bertz CT molecular complexity index is 1160. The summed E-state index contributed by atoms with van der Waals surface area (Å²) in [5, 5.41) is 0. The van der Waals surface area contributed by atoms with Gasteiger partial charge in [-0.3, -0.25) is 9.59 Å². The van der Waals surface area contributed by atoms with E-state index in [-0.39, 0.29) is 5.57 Å². The highest BCUT2D eigenvalue weighted by atomic mass is 79.9. The van der Waals surface area contributed by atoms with Gasteiger partial charge in [0.15, 0.2) is 0 Å². The molecule has 0 aliphatic carbocycles. The molecule has 0 N–H and O–H groups in total. The molecule has 33 heavy (non-hydrogen) atoms. The van der Waals surface area contributed by atoms with E-state index in [1.165, 1.54) is 6.08 Å². The van der Waals surface area contributed by atoms with Gasteiger partial charge >= 0.3 is 6.03 Å². The predicted molar refractivity (Wildman–Crippen MR) is 131 cm³/mol. The number of amides is 4. The molecule has 0 atom stereocenters. The minimum absolute atomic E-state index is 0.137. The van der Waals surface area contributed by atoms with Crippen molar-refractivity contribution in [3.05, 3.63) is 94.5 Å². The molecule has 1 saturated heterocycles. The molecule has 4 rings (SSSR count). The normalized spacial score (nSPS) is 14.0. The van der Waals surface area contributed by atoms with Gasteiger partial charge in [0.05, 0.1) is 18.0 Å². The van der Waals surface area contributed by atoms with Crippen molar-refractivity contribution in [2.24, 2.45) is 0 Å². The molecule has 0 radical (unpaired) electrons. The van der Waals surface area contributed by atoms with Crippen molar-refractivity contribution >= 4 is 51.2 Å². The first kappa shape index (κ1) is 22.5. The Hall–Kier alpha value is -3.71. The summed E-state index contributed by atoms with van der Waals surface area (Å²) in [5.41, 5.74) is 1.18. The van der Waals surface area contributed by atoms with Gasteiger partial charge in [-0.2, -0.15) is 0 Å². The van der Waals surface area contributed by atoms with Crippen LogP contribution in [0.25, 0.3) is 6.08 Å². The van der Waals surface area contributed by atoms with Crippen LogP contribution in [0.4, 0.5) is 16.2 Å². The van der Waals surface area contributed by atoms with Crippen molar-refractivity contribution in [1.29, 1.82) is 0 Å². The Labute approximate surface area is 200 Å². The number of carbonyl (C=O) groups is 3. The number of hydrogen-bond donors (Lipinski definition) is 0. The molecule has 1 heterocycles. The third-order valence-electron chi connectivity index (χ3n) is 5.01. The number of ether oxygens (including phenoxy) is 1. The Balaban J connectivity index is 1.87. The summed E-state index contributed by atoms with van der Waals surface area (Å²) >= 11 is 3.44. The van der Waals surface area contributed by atoms with Crippen LogP contribution in [0.15, 0.2) is 88.9 Å². The number of nitrogens with zero attached hydrogens (tertiary/aromatic N) is 2. The standard InChI is InChI=1S/C26H21BrN2O4/c1-2-15-33-23-14-13-19(27)16-18(23)17-22-24(30)28(20-9-5-3-6-10-20)26(32)29(25(22)31)21-11-7-4-8-12-21/h3-14,16-17H,2,15H2,1H3. The number of urea groups is 1. The van der Waals surface area contributed by atoms with E-state index in [1.807, 2.05) is 13.0 Å². The fourth-order valence-electron chi connectivity index (χ4n) is 3.47. The van der Waals surface area contributed by atoms with Gasteiger partial charge in [-0.05, 0) is 55.0 Å². The molecule has 4 amide bonds. The number of rotatable bonds is 6. The number of carbonyl (C=O) groups excluding carboxylic acids is 3. The molecule has 0 bridgehead atoms. The maximum atomic E-state index is 13.5. The summed E-state index contributed by atoms with van der Waals surface area (Å²) in [5.74, 6) is -0.836. The number of hydrogen-bond acceptors (Lipinski definition) is 4. The molecule has 0 saturated carbocycles. The summed E-state index contributed by atoms with van der Waals surface area (Å²) in [7, 11) is 0. The molecule has 0 spiro atoms. The zero-order valence-corrected chi connectivity index (χ0v) is 19.5. The van der Waals surface area contributed by atoms with Gasteiger partial charge in [0.1, 0.15) is 11.3 Å². The topological polar surface area (TPSA) is 66.9 Å². The van der Waals surface area contributed by atoms with Crippen LogP contribution in [0.3, 0.4) is 0 Å². The number of barbiturate groups is 1. The average molecular weight is 505 g/mol. The fraction of sp³-hybridized carbons (Fsp3) is 0.115. The molecule has 0 unspecified atom stereocenters. The van der Waals surface area contributed by atoms with Gasteiger partial charge in [-0.25, -0.2) is 14.6 Å². The van der Waals surface area contributed by atoms with E-state index >= 15 is 0 Å². The Morgan fingerprint density at radius 3 is 1.88 bits per heavy atom. The smallest absolute Gasteiger partial charge is 0.343 e. The summed E-state index contributed by atoms with van der Waals surface area (Å²) in [6, 6.07) is 21.8. The summed E-state index contributed by atoms with van der Waals surface area (Å²) in [4.78, 5) is 42.3. The third-order valence-corrected chi connectivity index (χ3v) is 5.50. The van der Waals surface area contributed by atoms with E-state index in [1.54, 1.807) is 72.8 Å². The van der Waals surface area contributed by atoms with E-state index in [0.717, 1.165) is 20.7 Å². The molecular weight excluding hydrogens is 484 g/mol. The lowest BCUT2D eigenvalue weighted by Crippen LogP contribution is -2.57. The number of imide groups is 2. The van der Waals surface area contributed by atoms with E-state index in [9.17, 15) is 14.4 Å². The lowest BCUT2D eigenvalue weighted by molar-refractivity contribution is -0.121. The molecule has 7 heteroatoms. The van der Waals surface area contributed by atoms with Crippen molar-refractivity contribution in [3.8, 4) is 5.75 Å². The fourth-order valence-corrected chi connectivity index (χ4v) is 3.85. The molecule has 6 nitrogen and oxygen atoms in total. The van der Waals surface area contributed by atoms with Crippen LogP contribution >= 0.6 is 15.9 Å². The van der Waals surface area contributed by atoms with Crippen LogP contribution in [0.2, 0.25) is 0 Å². The summed E-state index contributed by atoms with van der Waals surface area (Å²) < 4.78 is 6.58. The number of para-hydroxylation sites is 2. The van der Waals surface area contributed by atoms with Crippen LogP contribution in [0, 0.1) is 0 Å². The first-order chi connectivity index (χ1) is 16.0. The largest absolute Gasteiger partial charge is 0.493 e. The zero-order valence-electron chi connectivity index (χ0n) is 17.9. The van der Waals surface area contributed by atoms with Crippen molar-refractivity contribution < 1.29 is 19.1 Å². The summed E-state index contributed by atoms with van der Waals surface area (Å²) in [6.45, 7) is 2.48. The van der Waals surface area contributed by atoms with Crippen molar-refractivity contribution in [3.63, 3.8) is 0 Å². The Morgan fingerprint density at radius 1 is 0.818 bits per heavy atom. The average Bonchev–Trinajstić information content (AvgIpc) is 2.83. The third kappa shape index (κ3) is 4.59. The maximum Gasteiger partial charge on any atom is 0.343 e. The van der Waals surface area contributed by atoms with Crippen LogP contribution in [-0.2, 0) is 9.59 Å². The molecular formula is C26H21BrN2O4. The van der Waals surface area contributed by atoms with Crippen molar-refractivity contribution in [2.75, 3.05) is 16.4 Å². The van der Waals surface area contributed by atoms with Crippen LogP contribution in [0.1, 0.15) is 18.9 Å². The molecule has 3 aromatic carbocycles. The molecule has 1 aliphatic rings. The number of halogens is 1.